The molecular formula is C15H22ClNO. The summed E-state index contributed by atoms with van der Waals surface area (Å²) in [6.07, 6.45) is 0.569. The first-order chi connectivity index (χ1) is 8.45. The molecule has 100 valence electrons. The van der Waals surface area contributed by atoms with Crippen molar-refractivity contribution < 1.29 is 4.79 Å². The van der Waals surface area contributed by atoms with E-state index in [-0.39, 0.29) is 11.7 Å². The molecule has 1 unspecified atom stereocenters. The molecule has 1 aromatic carbocycles. The number of carbonyl (C=O) groups is 1. The van der Waals surface area contributed by atoms with Crippen molar-refractivity contribution in [3.63, 3.8) is 0 Å². The van der Waals surface area contributed by atoms with Crippen LogP contribution in [0.3, 0.4) is 0 Å². The summed E-state index contributed by atoms with van der Waals surface area (Å²) in [6.45, 7) is 6.94. The maximum absolute atomic E-state index is 12.1. The lowest BCUT2D eigenvalue weighted by Gasteiger charge is -2.26. The van der Waals surface area contributed by atoms with Crippen molar-refractivity contribution >= 4 is 17.4 Å². The van der Waals surface area contributed by atoms with Crippen LogP contribution in [0.15, 0.2) is 24.3 Å². The van der Waals surface area contributed by atoms with Crippen LogP contribution in [0.25, 0.3) is 0 Å². The summed E-state index contributed by atoms with van der Waals surface area (Å²) in [7, 11) is 2.05. The minimum absolute atomic E-state index is 0.0559. The molecule has 0 N–H and O–H groups in total. The topological polar surface area (TPSA) is 20.3 Å². The SMILES string of the molecule is CCC(=O)C(CN(C)C(C)C)c1ccc(Cl)cc1. The van der Waals surface area contributed by atoms with E-state index in [0.29, 0.717) is 17.5 Å². The summed E-state index contributed by atoms with van der Waals surface area (Å²) in [5, 5.41) is 0.707. The Bertz CT molecular complexity index is 386. The predicted octanol–water partition coefficient (Wildman–Crippen LogP) is 3.74. The van der Waals surface area contributed by atoms with Gasteiger partial charge in [0.1, 0.15) is 5.78 Å². The van der Waals surface area contributed by atoms with Gasteiger partial charge >= 0.3 is 0 Å². The summed E-state index contributed by atoms with van der Waals surface area (Å²) >= 11 is 5.89. The third-order valence-electron chi connectivity index (χ3n) is 3.36. The standard InChI is InChI=1S/C15H22ClNO/c1-5-15(18)14(10-17(4)11(2)3)12-6-8-13(16)9-7-12/h6-9,11,14H,5,10H2,1-4H3. The second-order valence-corrected chi connectivity index (χ2v) is 5.39. The van der Waals surface area contributed by atoms with Crippen LogP contribution >= 0.6 is 11.6 Å². The van der Waals surface area contributed by atoms with E-state index in [0.717, 1.165) is 12.1 Å². The Kier molecular flexibility index (Phi) is 5.83. The van der Waals surface area contributed by atoms with Gasteiger partial charge in [0.05, 0.1) is 5.92 Å². The van der Waals surface area contributed by atoms with Crippen molar-refractivity contribution in [1.29, 1.82) is 0 Å². The van der Waals surface area contributed by atoms with Crippen molar-refractivity contribution in [3.8, 4) is 0 Å². The third-order valence-corrected chi connectivity index (χ3v) is 3.61. The van der Waals surface area contributed by atoms with Gasteiger partial charge < -0.3 is 4.90 Å². The van der Waals surface area contributed by atoms with Gasteiger partial charge in [0.25, 0.3) is 0 Å². The fourth-order valence-electron chi connectivity index (χ4n) is 1.83. The zero-order valence-corrected chi connectivity index (χ0v) is 12.4. The maximum atomic E-state index is 12.1. The molecule has 0 aliphatic heterocycles. The lowest BCUT2D eigenvalue weighted by molar-refractivity contribution is -0.120. The Morgan fingerprint density at radius 1 is 1.28 bits per heavy atom. The number of hydrogen-bond donors (Lipinski definition) is 0. The molecule has 0 aliphatic rings. The van der Waals surface area contributed by atoms with Crippen LogP contribution in [0.2, 0.25) is 5.02 Å². The molecule has 2 nitrogen and oxygen atoms in total. The Hall–Kier alpha value is -0.860. The van der Waals surface area contributed by atoms with Crippen molar-refractivity contribution in [1.82, 2.24) is 4.90 Å². The van der Waals surface area contributed by atoms with Gasteiger partial charge in [-0.15, -0.1) is 0 Å². The van der Waals surface area contributed by atoms with E-state index in [1.54, 1.807) is 0 Å². The molecule has 0 spiro atoms. The van der Waals surface area contributed by atoms with Crippen molar-refractivity contribution in [3.05, 3.63) is 34.9 Å². The lowest BCUT2D eigenvalue weighted by atomic mass is 9.92. The monoisotopic (exact) mass is 267 g/mol. The van der Waals surface area contributed by atoms with E-state index >= 15 is 0 Å². The molecule has 0 heterocycles. The first kappa shape index (κ1) is 15.2. The minimum atomic E-state index is -0.0559. The number of carbonyl (C=O) groups excluding carboxylic acids is 1. The molecule has 0 aliphatic carbocycles. The highest BCUT2D eigenvalue weighted by Gasteiger charge is 2.21. The molecule has 18 heavy (non-hydrogen) atoms. The van der Waals surface area contributed by atoms with Crippen LogP contribution in [0.5, 0.6) is 0 Å². The first-order valence-electron chi connectivity index (χ1n) is 6.44. The van der Waals surface area contributed by atoms with Gasteiger partial charge in [-0.3, -0.25) is 4.79 Å². The second-order valence-electron chi connectivity index (χ2n) is 4.96. The van der Waals surface area contributed by atoms with Crippen molar-refractivity contribution in [2.45, 2.75) is 39.2 Å². The van der Waals surface area contributed by atoms with Crippen LogP contribution in [-0.4, -0.2) is 30.3 Å². The molecule has 0 bridgehead atoms. The highest BCUT2D eigenvalue weighted by molar-refractivity contribution is 6.30. The fourth-order valence-corrected chi connectivity index (χ4v) is 1.96. The molecule has 0 radical (unpaired) electrons. The Balaban J connectivity index is 2.91. The van der Waals surface area contributed by atoms with Gasteiger partial charge in [0.2, 0.25) is 0 Å². The van der Waals surface area contributed by atoms with E-state index in [9.17, 15) is 4.79 Å². The molecule has 0 aromatic heterocycles. The Morgan fingerprint density at radius 2 is 1.83 bits per heavy atom. The number of ketones is 1. The molecular weight excluding hydrogens is 246 g/mol. The van der Waals surface area contributed by atoms with Crippen LogP contribution < -0.4 is 0 Å². The van der Waals surface area contributed by atoms with Gasteiger partial charge in [-0.2, -0.15) is 0 Å². The fraction of sp³-hybridized carbons (Fsp3) is 0.533. The third kappa shape index (κ3) is 4.11. The molecule has 0 saturated heterocycles. The molecule has 0 fully saturated rings. The Labute approximate surface area is 115 Å². The summed E-state index contributed by atoms with van der Waals surface area (Å²) in [4.78, 5) is 14.3. The highest BCUT2D eigenvalue weighted by atomic mass is 35.5. The number of nitrogens with zero attached hydrogens (tertiary/aromatic N) is 1. The van der Waals surface area contributed by atoms with E-state index in [2.05, 4.69) is 25.8 Å². The smallest absolute Gasteiger partial charge is 0.141 e. The average molecular weight is 268 g/mol. The zero-order chi connectivity index (χ0) is 13.7. The summed E-state index contributed by atoms with van der Waals surface area (Å²) in [6, 6.07) is 8.04. The summed E-state index contributed by atoms with van der Waals surface area (Å²) in [5.74, 6) is 0.226. The molecule has 1 rings (SSSR count). The molecule has 0 amide bonds. The normalized spacial score (nSPS) is 13.1. The minimum Gasteiger partial charge on any atom is -0.303 e. The van der Waals surface area contributed by atoms with E-state index in [4.69, 9.17) is 11.6 Å². The van der Waals surface area contributed by atoms with Crippen LogP contribution in [0.1, 0.15) is 38.7 Å². The number of Topliss-reactive ketones (excluding diaryl/α,β-unsaturated/α-hetero) is 1. The van der Waals surface area contributed by atoms with E-state index < -0.39 is 0 Å². The quantitative estimate of drug-likeness (QED) is 0.783. The van der Waals surface area contributed by atoms with Gasteiger partial charge in [-0.05, 0) is 38.6 Å². The lowest BCUT2D eigenvalue weighted by Crippen LogP contribution is -2.33. The predicted molar refractivity (Wildman–Crippen MR) is 77.3 cm³/mol. The average Bonchev–Trinajstić information content (AvgIpc) is 2.35. The summed E-state index contributed by atoms with van der Waals surface area (Å²) < 4.78 is 0. The molecule has 0 saturated carbocycles. The largest absolute Gasteiger partial charge is 0.303 e. The van der Waals surface area contributed by atoms with Crippen LogP contribution in [0, 0.1) is 0 Å². The summed E-state index contributed by atoms with van der Waals surface area (Å²) in [5.41, 5.74) is 1.05. The molecule has 3 heteroatoms. The second kappa shape index (κ2) is 6.91. The highest BCUT2D eigenvalue weighted by Crippen LogP contribution is 2.22. The van der Waals surface area contributed by atoms with Gasteiger partial charge in [0.15, 0.2) is 0 Å². The van der Waals surface area contributed by atoms with Crippen LogP contribution in [0.4, 0.5) is 0 Å². The van der Waals surface area contributed by atoms with E-state index in [1.165, 1.54) is 0 Å². The van der Waals surface area contributed by atoms with Crippen molar-refractivity contribution in [2.75, 3.05) is 13.6 Å². The number of rotatable bonds is 6. The van der Waals surface area contributed by atoms with Gasteiger partial charge in [-0.25, -0.2) is 0 Å². The first-order valence-corrected chi connectivity index (χ1v) is 6.82. The number of hydrogen-bond acceptors (Lipinski definition) is 2. The van der Waals surface area contributed by atoms with Crippen LogP contribution in [-0.2, 0) is 4.79 Å². The van der Waals surface area contributed by atoms with Gasteiger partial charge in [0, 0.05) is 24.0 Å². The Morgan fingerprint density at radius 3 is 2.28 bits per heavy atom. The maximum Gasteiger partial charge on any atom is 0.141 e. The van der Waals surface area contributed by atoms with E-state index in [1.807, 2.05) is 31.2 Å². The number of halogens is 1. The van der Waals surface area contributed by atoms with Gasteiger partial charge in [-0.1, -0.05) is 30.7 Å². The molecule has 1 aromatic rings. The molecule has 1 atom stereocenters. The zero-order valence-electron chi connectivity index (χ0n) is 11.6. The number of likely N-dealkylation sites (N-methyl/N-ethyl adjacent to an activating group) is 1. The van der Waals surface area contributed by atoms with Crippen molar-refractivity contribution in [2.24, 2.45) is 0 Å². The number of benzene rings is 1.